The fraction of sp³-hybridized carbons (Fsp3) is 0.300. The van der Waals surface area contributed by atoms with Gasteiger partial charge in [0, 0.05) is 6.07 Å². The fourth-order valence-corrected chi connectivity index (χ4v) is 1.49. The molecule has 0 aromatic heterocycles. The molecular weight excluding hydrogens is 210 g/mol. The molecule has 1 saturated heterocycles. The summed E-state index contributed by atoms with van der Waals surface area (Å²) in [4.78, 5) is 11.8. The SMILES string of the molecule is Nc1ccc(OC2CN(C(=O)O)C2)cc1N. The molecule has 1 aliphatic heterocycles. The molecular formula is C10H13N3O3. The van der Waals surface area contributed by atoms with Crippen LogP contribution in [0.4, 0.5) is 16.2 Å². The molecule has 86 valence electrons. The lowest BCUT2D eigenvalue weighted by Gasteiger charge is -2.36. The summed E-state index contributed by atoms with van der Waals surface area (Å²) < 4.78 is 5.53. The lowest BCUT2D eigenvalue weighted by Crippen LogP contribution is -2.55. The van der Waals surface area contributed by atoms with Crippen molar-refractivity contribution in [2.24, 2.45) is 0 Å². The van der Waals surface area contributed by atoms with Crippen LogP contribution in [-0.4, -0.2) is 35.3 Å². The highest BCUT2D eigenvalue weighted by Crippen LogP contribution is 2.24. The zero-order valence-electron chi connectivity index (χ0n) is 8.59. The van der Waals surface area contributed by atoms with E-state index in [2.05, 4.69) is 0 Å². The minimum Gasteiger partial charge on any atom is -0.487 e. The number of nitrogens with two attached hydrogens (primary N) is 2. The smallest absolute Gasteiger partial charge is 0.407 e. The van der Waals surface area contributed by atoms with Crippen LogP contribution in [0.25, 0.3) is 0 Å². The van der Waals surface area contributed by atoms with Gasteiger partial charge in [-0.05, 0) is 12.1 Å². The molecule has 0 bridgehead atoms. The molecule has 1 heterocycles. The number of rotatable bonds is 2. The van der Waals surface area contributed by atoms with E-state index in [0.29, 0.717) is 30.2 Å². The highest BCUT2D eigenvalue weighted by molar-refractivity contribution is 5.66. The highest BCUT2D eigenvalue weighted by Gasteiger charge is 2.32. The van der Waals surface area contributed by atoms with Crippen molar-refractivity contribution < 1.29 is 14.6 Å². The van der Waals surface area contributed by atoms with E-state index in [1.807, 2.05) is 0 Å². The van der Waals surface area contributed by atoms with Gasteiger partial charge in [0.25, 0.3) is 0 Å². The van der Waals surface area contributed by atoms with E-state index in [1.54, 1.807) is 18.2 Å². The van der Waals surface area contributed by atoms with Crippen molar-refractivity contribution in [1.82, 2.24) is 4.90 Å². The van der Waals surface area contributed by atoms with E-state index < -0.39 is 6.09 Å². The Kier molecular flexibility index (Phi) is 2.47. The van der Waals surface area contributed by atoms with E-state index in [-0.39, 0.29) is 6.10 Å². The van der Waals surface area contributed by atoms with Crippen LogP contribution < -0.4 is 16.2 Å². The minimum absolute atomic E-state index is 0.0980. The summed E-state index contributed by atoms with van der Waals surface area (Å²) >= 11 is 0. The number of benzene rings is 1. The van der Waals surface area contributed by atoms with Crippen molar-refractivity contribution >= 4 is 17.5 Å². The number of hydrogen-bond donors (Lipinski definition) is 3. The quantitative estimate of drug-likeness (QED) is 0.637. The Bertz CT molecular complexity index is 416. The number of carboxylic acid groups (broad SMARTS) is 1. The average Bonchev–Trinajstić information content (AvgIpc) is 2.15. The maximum Gasteiger partial charge on any atom is 0.407 e. The molecule has 1 aliphatic rings. The van der Waals surface area contributed by atoms with Crippen LogP contribution in [-0.2, 0) is 0 Å². The predicted octanol–water partition coefficient (Wildman–Crippen LogP) is 0.592. The van der Waals surface area contributed by atoms with Gasteiger partial charge in [0.05, 0.1) is 24.5 Å². The second-order valence-corrected chi connectivity index (χ2v) is 3.72. The van der Waals surface area contributed by atoms with Crippen LogP contribution in [0, 0.1) is 0 Å². The van der Waals surface area contributed by atoms with Crippen molar-refractivity contribution in [2.75, 3.05) is 24.6 Å². The average molecular weight is 223 g/mol. The zero-order chi connectivity index (χ0) is 11.7. The van der Waals surface area contributed by atoms with Gasteiger partial charge in [-0.3, -0.25) is 0 Å². The van der Waals surface area contributed by atoms with Crippen LogP contribution in [0.2, 0.25) is 0 Å². The molecule has 0 atom stereocenters. The van der Waals surface area contributed by atoms with Gasteiger partial charge < -0.3 is 26.2 Å². The number of ether oxygens (including phenoxy) is 1. The first-order valence-electron chi connectivity index (χ1n) is 4.86. The summed E-state index contributed by atoms with van der Waals surface area (Å²) in [6, 6.07) is 5.02. The maximum atomic E-state index is 10.5. The maximum absolute atomic E-state index is 10.5. The molecule has 1 amide bonds. The zero-order valence-corrected chi connectivity index (χ0v) is 8.59. The van der Waals surface area contributed by atoms with E-state index in [4.69, 9.17) is 21.3 Å². The number of nitrogen functional groups attached to an aromatic ring is 2. The topological polar surface area (TPSA) is 102 Å². The molecule has 6 nitrogen and oxygen atoms in total. The van der Waals surface area contributed by atoms with Crippen LogP contribution in [0.15, 0.2) is 18.2 Å². The first kappa shape index (κ1) is 10.4. The third-order valence-electron chi connectivity index (χ3n) is 2.48. The molecule has 2 rings (SSSR count). The standard InChI is InChI=1S/C10H13N3O3/c11-8-2-1-6(3-9(8)12)16-7-4-13(5-7)10(14)15/h1-3,7H,4-5,11-12H2,(H,14,15). The van der Waals surface area contributed by atoms with Crippen molar-refractivity contribution in [1.29, 1.82) is 0 Å². The first-order valence-corrected chi connectivity index (χ1v) is 4.86. The molecule has 6 heteroatoms. The van der Waals surface area contributed by atoms with Crippen LogP contribution >= 0.6 is 0 Å². The summed E-state index contributed by atoms with van der Waals surface area (Å²) in [7, 11) is 0. The van der Waals surface area contributed by atoms with Crippen molar-refractivity contribution in [3.63, 3.8) is 0 Å². The minimum atomic E-state index is -0.920. The number of amides is 1. The second kappa shape index (κ2) is 3.80. The molecule has 1 aromatic rings. The molecule has 0 radical (unpaired) electrons. The monoisotopic (exact) mass is 223 g/mol. The molecule has 0 saturated carbocycles. The van der Waals surface area contributed by atoms with Crippen LogP contribution in [0.3, 0.4) is 0 Å². The summed E-state index contributed by atoms with van der Waals surface area (Å²) in [6.45, 7) is 0.777. The molecule has 1 fully saturated rings. The summed E-state index contributed by atoms with van der Waals surface area (Å²) in [6.07, 6.45) is -1.02. The Hall–Kier alpha value is -2.11. The Morgan fingerprint density at radius 2 is 2.06 bits per heavy atom. The highest BCUT2D eigenvalue weighted by atomic mass is 16.5. The van der Waals surface area contributed by atoms with Gasteiger partial charge in [-0.25, -0.2) is 4.79 Å². The third kappa shape index (κ3) is 1.95. The van der Waals surface area contributed by atoms with E-state index in [9.17, 15) is 4.79 Å². The predicted molar refractivity (Wildman–Crippen MR) is 59.3 cm³/mol. The largest absolute Gasteiger partial charge is 0.487 e. The molecule has 5 N–H and O–H groups in total. The Labute approximate surface area is 92.4 Å². The van der Waals surface area contributed by atoms with Crippen molar-refractivity contribution in [3.8, 4) is 5.75 Å². The van der Waals surface area contributed by atoms with Gasteiger partial charge in [-0.2, -0.15) is 0 Å². The lowest BCUT2D eigenvalue weighted by molar-refractivity contribution is 0.0252. The summed E-state index contributed by atoms with van der Waals surface area (Å²) in [5.41, 5.74) is 12.2. The third-order valence-corrected chi connectivity index (χ3v) is 2.48. The van der Waals surface area contributed by atoms with Gasteiger partial charge in [0.1, 0.15) is 11.9 Å². The van der Waals surface area contributed by atoms with Gasteiger partial charge in [0.15, 0.2) is 0 Å². The van der Waals surface area contributed by atoms with Crippen molar-refractivity contribution in [2.45, 2.75) is 6.10 Å². The molecule has 1 aromatic carbocycles. The first-order chi connectivity index (χ1) is 7.56. The Balaban J connectivity index is 1.91. The number of nitrogens with zero attached hydrogens (tertiary/aromatic N) is 1. The van der Waals surface area contributed by atoms with Gasteiger partial charge in [-0.1, -0.05) is 0 Å². The summed E-state index contributed by atoms with van der Waals surface area (Å²) in [5, 5.41) is 8.63. The number of carbonyl (C=O) groups is 1. The van der Waals surface area contributed by atoms with Gasteiger partial charge in [0.2, 0.25) is 0 Å². The fourth-order valence-electron chi connectivity index (χ4n) is 1.49. The van der Waals surface area contributed by atoms with Gasteiger partial charge in [-0.15, -0.1) is 0 Å². The lowest BCUT2D eigenvalue weighted by atomic mass is 10.2. The second-order valence-electron chi connectivity index (χ2n) is 3.72. The van der Waals surface area contributed by atoms with Crippen molar-refractivity contribution in [3.05, 3.63) is 18.2 Å². The van der Waals surface area contributed by atoms with E-state index in [1.165, 1.54) is 4.90 Å². The number of anilines is 2. The molecule has 0 aliphatic carbocycles. The van der Waals surface area contributed by atoms with E-state index in [0.717, 1.165) is 0 Å². The molecule has 0 unspecified atom stereocenters. The molecule has 0 spiro atoms. The van der Waals surface area contributed by atoms with Gasteiger partial charge >= 0.3 is 6.09 Å². The summed E-state index contributed by atoms with van der Waals surface area (Å²) in [5.74, 6) is 0.613. The van der Waals surface area contributed by atoms with Crippen LogP contribution in [0.5, 0.6) is 5.75 Å². The van der Waals surface area contributed by atoms with E-state index >= 15 is 0 Å². The number of hydrogen-bond acceptors (Lipinski definition) is 4. The molecule has 16 heavy (non-hydrogen) atoms. The van der Waals surface area contributed by atoms with Crippen LogP contribution in [0.1, 0.15) is 0 Å². The normalized spacial score (nSPS) is 15.6. The number of likely N-dealkylation sites (tertiary alicyclic amines) is 1. The Morgan fingerprint density at radius 1 is 1.38 bits per heavy atom. The Morgan fingerprint density at radius 3 is 2.62 bits per heavy atom.